The second-order valence-corrected chi connectivity index (χ2v) is 11.3. The molecule has 0 bridgehead atoms. The highest BCUT2D eigenvalue weighted by Gasteiger charge is 2.77. The van der Waals surface area contributed by atoms with Gasteiger partial charge in [0.05, 0.1) is 24.7 Å². The van der Waals surface area contributed by atoms with Gasteiger partial charge in [0.15, 0.2) is 0 Å². The normalized spacial score (nSPS) is 43.5. The monoisotopic (exact) mass is 534 g/mol. The van der Waals surface area contributed by atoms with Gasteiger partial charge in [-0.05, 0) is 61.7 Å². The van der Waals surface area contributed by atoms with Gasteiger partial charge in [-0.3, -0.25) is 4.79 Å². The second-order valence-electron chi connectivity index (χ2n) is 11.3. The molecule has 3 saturated carbocycles. The van der Waals surface area contributed by atoms with Crippen molar-refractivity contribution in [3.63, 3.8) is 0 Å². The molecule has 0 aromatic rings. The van der Waals surface area contributed by atoms with Gasteiger partial charge >= 0.3 is 30.0 Å². The number of carbonyl (C=O) groups excluding carboxylic acids is 2. The van der Waals surface area contributed by atoms with Crippen molar-refractivity contribution in [1.29, 1.82) is 0 Å². The van der Waals surface area contributed by atoms with Gasteiger partial charge in [-0.25, -0.2) is 4.79 Å². The molecule has 3 aliphatic carbocycles. The van der Waals surface area contributed by atoms with Crippen LogP contribution in [-0.4, -0.2) is 65.1 Å². The summed E-state index contributed by atoms with van der Waals surface area (Å²) in [6.45, 7) is 3.42. The van der Waals surface area contributed by atoms with Gasteiger partial charge in [-0.1, -0.05) is 13.8 Å². The van der Waals surface area contributed by atoms with Crippen molar-refractivity contribution < 1.29 is 60.0 Å². The van der Waals surface area contributed by atoms with Crippen molar-refractivity contribution in [2.75, 3.05) is 6.61 Å². The number of cyclic esters (lactones) is 1. The number of carbonyl (C=O) groups is 2. The molecule has 4 rings (SSSR count). The third kappa shape index (κ3) is 3.82. The van der Waals surface area contributed by atoms with E-state index in [9.17, 15) is 50.5 Å². The molecule has 0 amide bonds. The fourth-order valence-corrected chi connectivity index (χ4v) is 7.44. The van der Waals surface area contributed by atoms with Gasteiger partial charge in [0.25, 0.3) is 0 Å². The van der Waals surface area contributed by atoms with Crippen LogP contribution >= 0.6 is 0 Å². The zero-order valence-electron chi connectivity index (χ0n) is 19.7. The van der Waals surface area contributed by atoms with Crippen molar-refractivity contribution >= 4 is 11.9 Å². The lowest BCUT2D eigenvalue weighted by molar-refractivity contribution is -0.349. The van der Waals surface area contributed by atoms with E-state index >= 15 is 0 Å². The minimum Gasteiger partial charge on any atom is -0.465 e. The summed E-state index contributed by atoms with van der Waals surface area (Å²) in [5.41, 5.74) is -1.76. The molecule has 0 spiro atoms. The van der Waals surface area contributed by atoms with Gasteiger partial charge in [0.1, 0.15) is 6.10 Å². The molecule has 1 heterocycles. The van der Waals surface area contributed by atoms with Crippen LogP contribution in [0.2, 0.25) is 0 Å². The molecule has 0 radical (unpaired) electrons. The second kappa shape index (κ2) is 8.44. The Labute approximate surface area is 202 Å². The summed E-state index contributed by atoms with van der Waals surface area (Å²) in [6.07, 6.45) is -9.04. The van der Waals surface area contributed by atoms with Crippen LogP contribution in [0, 0.1) is 34.5 Å². The highest BCUT2D eigenvalue weighted by molar-refractivity contribution is 5.79. The summed E-state index contributed by atoms with van der Waals surface area (Å²) in [6, 6.07) is 0. The molecular weight excluding hydrogens is 505 g/mol. The molecular formula is C23H29F7O6. The number of rotatable bonds is 3. The molecule has 0 unspecified atom stereocenters. The first-order valence-electron chi connectivity index (χ1n) is 11.9. The first-order valence-corrected chi connectivity index (χ1v) is 11.9. The van der Waals surface area contributed by atoms with E-state index in [1.807, 2.05) is 6.92 Å². The Kier molecular flexibility index (Phi) is 6.42. The first kappa shape index (κ1) is 27.4. The third-order valence-corrected chi connectivity index (χ3v) is 9.52. The standard InChI is InChI=1S/C23H29F7O6/c1-19-6-5-12-10(9-35-17(33)13-7-14(31)15(32)8-20(12,13)2)11(19)3-4-16(19)36-18(34)21(24,25)22(26,27)23(28,29)30/h10-16,31-32H,3-9H2,1-2H3/t10-,11-,12-,13+,14-,15+,16-,19-,20+/m0/s1. The Morgan fingerprint density at radius 2 is 1.58 bits per heavy atom. The van der Waals surface area contributed by atoms with Gasteiger partial charge in [0.2, 0.25) is 0 Å². The molecule has 0 aromatic heterocycles. The SMILES string of the molecule is C[C@]12C[C@@H](O)[C@@H](O)C[C@@H]1C(=O)OC[C@@H]1[C@@H]2CC[C@]2(C)[C@@H](OC(=O)C(F)(F)C(F)(F)C(F)(F)F)CC[C@@H]12. The fourth-order valence-electron chi connectivity index (χ4n) is 7.44. The van der Waals surface area contributed by atoms with E-state index in [4.69, 9.17) is 4.74 Å². The molecule has 206 valence electrons. The van der Waals surface area contributed by atoms with Crippen molar-refractivity contribution in [3.8, 4) is 0 Å². The fraction of sp³-hybridized carbons (Fsp3) is 0.913. The number of hydrogen-bond donors (Lipinski definition) is 2. The van der Waals surface area contributed by atoms with Gasteiger partial charge in [-0.15, -0.1) is 0 Å². The van der Waals surface area contributed by atoms with E-state index in [1.54, 1.807) is 6.92 Å². The molecule has 4 aliphatic rings. The molecule has 1 saturated heterocycles. The number of ether oxygens (including phenoxy) is 2. The molecule has 36 heavy (non-hydrogen) atoms. The maximum absolute atomic E-state index is 13.9. The Balaban J connectivity index is 1.57. The molecule has 0 aromatic carbocycles. The quantitative estimate of drug-likeness (QED) is 0.422. The lowest BCUT2D eigenvalue weighted by Crippen LogP contribution is -2.58. The van der Waals surface area contributed by atoms with Crippen LogP contribution in [0.1, 0.15) is 52.4 Å². The summed E-state index contributed by atoms with van der Waals surface area (Å²) < 4.78 is 102. The molecule has 13 heteroatoms. The van der Waals surface area contributed by atoms with Crippen LogP contribution in [0.5, 0.6) is 0 Å². The number of halogens is 7. The van der Waals surface area contributed by atoms with E-state index in [2.05, 4.69) is 4.74 Å². The third-order valence-electron chi connectivity index (χ3n) is 9.52. The zero-order chi connectivity index (χ0) is 27.1. The number of esters is 2. The summed E-state index contributed by atoms with van der Waals surface area (Å²) in [5, 5.41) is 20.5. The highest BCUT2D eigenvalue weighted by Crippen LogP contribution is 2.64. The minimum absolute atomic E-state index is 0.0182. The van der Waals surface area contributed by atoms with Crippen molar-refractivity contribution in [2.24, 2.45) is 34.5 Å². The van der Waals surface area contributed by atoms with Crippen LogP contribution in [0.25, 0.3) is 0 Å². The van der Waals surface area contributed by atoms with Crippen LogP contribution in [0.15, 0.2) is 0 Å². The van der Waals surface area contributed by atoms with Crippen LogP contribution in [0.3, 0.4) is 0 Å². The number of alkyl halides is 7. The maximum atomic E-state index is 13.9. The predicted octanol–water partition coefficient (Wildman–Crippen LogP) is 3.87. The lowest BCUT2D eigenvalue weighted by Gasteiger charge is -2.55. The average Bonchev–Trinajstić information content (AvgIpc) is 3.04. The van der Waals surface area contributed by atoms with Crippen molar-refractivity contribution in [1.82, 2.24) is 0 Å². The Morgan fingerprint density at radius 3 is 2.19 bits per heavy atom. The minimum atomic E-state index is -6.65. The Hall–Kier alpha value is -1.63. The van der Waals surface area contributed by atoms with E-state index in [0.29, 0.717) is 12.8 Å². The van der Waals surface area contributed by atoms with E-state index in [0.717, 1.165) is 0 Å². The number of aliphatic hydroxyl groups is 2. The number of fused-ring (bicyclic) bond motifs is 5. The highest BCUT2D eigenvalue weighted by atomic mass is 19.4. The first-order chi connectivity index (χ1) is 16.4. The molecule has 1 aliphatic heterocycles. The van der Waals surface area contributed by atoms with Crippen LogP contribution < -0.4 is 0 Å². The van der Waals surface area contributed by atoms with Gasteiger partial charge < -0.3 is 19.7 Å². The molecule has 9 atom stereocenters. The van der Waals surface area contributed by atoms with E-state index in [-0.39, 0.29) is 50.0 Å². The summed E-state index contributed by atoms with van der Waals surface area (Å²) in [7, 11) is 0. The van der Waals surface area contributed by atoms with Crippen molar-refractivity contribution in [3.05, 3.63) is 0 Å². The maximum Gasteiger partial charge on any atom is 0.460 e. The van der Waals surface area contributed by atoms with Crippen LogP contribution in [0.4, 0.5) is 30.7 Å². The van der Waals surface area contributed by atoms with E-state index < -0.39 is 65.0 Å². The molecule has 6 nitrogen and oxygen atoms in total. The lowest BCUT2D eigenvalue weighted by atomic mass is 9.49. The summed E-state index contributed by atoms with van der Waals surface area (Å²) in [5.74, 6) is -17.7. The van der Waals surface area contributed by atoms with E-state index in [1.165, 1.54) is 0 Å². The average molecular weight is 534 g/mol. The zero-order valence-corrected chi connectivity index (χ0v) is 19.7. The smallest absolute Gasteiger partial charge is 0.460 e. The Bertz CT molecular complexity index is 910. The molecule has 4 fully saturated rings. The summed E-state index contributed by atoms with van der Waals surface area (Å²) in [4.78, 5) is 24.7. The van der Waals surface area contributed by atoms with Crippen LogP contribution in [-0.2, 0) is 19.1 Å². The Morgan fingerprint density at radius 1 is 0.972 bits per heavy atom. The number of hydrogen-bond acceptors (Lipinski definition) is 6. The van der Waals surface area contributed by atoms with Gasteiger partial charge in [-0.2, -0.15) is 30.7 Å². The predicted molar refractivity (Wildman–Crippen MR) is 107 cm³/mol. The summed E-state index contributed by atoms with van der Waals surface area (Å²) >= 11 is 0. The van der Waals surface area contributed by atoms with Crippen molar-refractivity contribution in [2.45, 2.75) is 88.7 Å². The molecule has 2 N–H and O–H groups in total. The number of aliphatic hydroxyl groups excluding tert-OH is 2. The largest absolute Gasteiger partial charge is 0.465 e. The van der Waals surface area contributed by atoms with Gasteiger partial charge in [0, 0.05) is 5.41 Å². The topological polar surface area (TPSA) is 93.1 Å².